The van der Waals surface area contributed by atoms with Crippen LogP contribution in [0.3, 0.4) is 0 Å². The number of nitrogens with zero attached hydrogens (tertiary/aromatic N) is 1. The van der Waals surface area contributed by atoms with Gasteiger partial charge in [-0.25, -0.2) is 4.98 Å². The minimum atomic E-state index is -0.579. The summed E-state index contributed by atoms with van der Waals surface area (Å²) in [6.07, 6.45) is 4.31. The number of rotatable bonds is 2. The minimum absolute atomic E-state index is 0.0255. The summed E-state index contributed by atoms with van der Waals surface area (Å²) in [6.45, 7) is 0. The zero-order valence-electron chi connectivity index (χ0n) is 11.0. The van der Waals surface area contributed by atoms with E-state index in [0.29, 0.717) is 5.56 Å². The molecule has 102 valence electrons. The molecular weight excluding hydrogens is 255 g/mol. The highest BCUT2D eigenvalue weighted by atomic mass is 19.1. The van der Waals surface area contributed by atoms with Crippen molar-refractivity contribution in [1.29, 1.82) is 0 Å². The van der Waals surface area contributed by atoms with Gasteiger partial charge in [-0.2, -0.15) is 4.39 Å². The molecule has 1 aromatic carbocycles. The van der Waals surface area contributed by atoms with Crippen LogP contribution >= 0.6 is 0 Å². The molecule has 0 spiro atoms. The number of fused-ring (bicyclic) bond motifs is 1. The number of benzene rings is 1. The number of pyridine rings is 1. The molecule has 1 aliphatic rings. The van der Waals surface area contributed by atoms with E-state index >= 15 is 0 Å². The third kappa shape index (κ3) is 2.54. The SMILES string of the molecule is O=C(NC1CCCc2ccccc21)c1ccc(F)nc1. The summed E-state index contributed by atoms with van der Waals surface area (Å²) < 4.78 is 12.8. The fourth-order valence-electron chi connectivity index (χ4n) is 2.66. The van der Waals surface area contributed by atoms with Crippen LogP contribution in [0.25, 0.3) is 0 Å². The number of hydrogen-bond acceptors (Lipinski definition) is 2. The van der Waals surface area contributed by atoms with Crippen LogP contribution in [0.1, 0.15) is 40.4 Å². The van der Waals surface area contributed by atoms with Gasteiger partial charge in [0.2, 0.25) is 5.95 Å². The van der Waals surface area contributed by atoms with Crippen LogP contribution in [0, 0.1) is 5.95 Å². The highest BCUT2D eigenvalue weighted by Gasteiger charge is 2.21. The van der Waals surface area contributed by atoms with Crippen molar-refractivity contribution in [3.05, 3.63) is 65.2 Å². The number of aryl methyl sites for hydroxylation is 1. The normalized spacial score (nSPS) is 17.4. The van der Waals surface area contributed by atoms with E-state index < -0.39 is 5.95 Å². The summed E-state index contributed by atoms with van der Waals surface area (Å²) in [5.74, 6) is -0.788. The standard InChI is InChI=1S/C16H15FN2O/c17-15-9-8-12(10-18-15)16(20)19-14-7-3-5-11-4-1-2-6-13(11)14/h1-2,4,6,8-10,14H,3,5,7H2,(H,19,20). The van der Waals surface area contributed by atoms with Crippen molar-refractivity contribution in [2.75, 3.05) is 0 Å². The Hall–Kier alpha value is -2.23. The Balaban J connectivity index is 1.79. The average molecular weight is 270 g/mol. The molecule has 0 saturated carbocycles. The first-order valence-electron chi connectivity index (χ1n) is 6.74. The lowest BCUT2D eigenvalue weighted by molar-refractivity contribution is 0.0932. The van der Waals surface area contributed by atoms with Crippen LogP contribution in [0.5, 0.6) is 0 Å². The molecule has 1 N–H and O–H groups in total. The van der Waals surface area contributed by atoms with Gasteiger partial charge in [0.1, 0.15) is 0 Å². The van der Waals surface area contributed by atoms with Gasteiger partial charge in [-0.05, 0) is 42.5 Å². The lowest BCUT2D eigenvalue weighted by Gasteiger charge is -2.26. The topological polar surface area (TPSA) is 42.0 Å². The van der Waals surface area contributed by atoms with Crippen molar-refractivity contribution in [3.8, 4) is 0 Å². The summed E-state index contributed by atoms with van der Waals surface area (Å²) in [5, 5.41) is 3.01. The Morgan fingerprint density at radius 2 is 2.10 bits per heavy atom. The molecule has 20 heavy (non-hydrogen) atoms. The number of amides is 1. The van der Waals surface area contributed by atoms with Crippen LogP contribution in [-0.2, 0) is 6.42 Å². The Kier molecular flexibility index (Phi) is 3.46. The second-order valence-electron chi connectivity index (χ2n) is 4.99. The van der Waals surface area contributed by atoms with Crippen molar-refractivity contribution >= 4 is 5.91 Å². The van der Waals surface area contributed by atoms with E-state index in [-0.39, 0.29) is 11.9 Å². The summed E-state index contributed by atoms with van der Waals surface area (Å²) >= 11 is 0. The fraction of sp³-hybridized carbons (Fsp3) is 0.250. The maximum Gasteiger partial charge on any atom is 0.253 e. The monoisotopic (exact) mass is 270 g/mol. The highest BCUT2D eigenvalue weighted by Crippen LogP contribution is 2.29. The van der Waals surface area contributed by atoms with Crippen molar-refractivity contribution in [2.24, 2.45) is 0 Å². The summed E-state index contributed by atoms with van der Waals surface area (Å²) in [5.41, 5.74) is 2.86. The predicted molar refractivity (Wildman–Crippen MR) is 73.8 cm³/mol. The molecule has 0 aliphatic heterocycles. The first-order chi connectivity index (χ1) is 9.74. The van der Waals surface area contributed by atoms with Crippen LogP contribution in [0.2, 0.25) is 0 Å². The zero-order valence-corrected chi connectivity index (χ0v) is 11.0. The van der Waals surface area contributed by atoms with Gasteiger partial charge in [0.15, 0.2) is 0 Å². The number of nitrogens with one attached hydrogen (secondary N) is 1. The fourth-order valence-corrected chi connectivity index (χ4v) is 2.66. The van der Waals surface area contributed by atoms with Crippen LogP contribution in [0.15, 0.2) is 42.6 Å². The number of aromatic nitrogens is 1. The summed E-state index contributed by atoms with van der Waals surface area (Å²) in [4.78, 5) is 15.7. The molecule has 1 aromatic heterocycles. The zero-order chi connectivity index (χ0) is 13.9. The molecule has 1 aliphatic carbocycles. The van der Waals surface area contributed by atoms with E-state index in [0.717, 1.165) is 19.3 Å². The summed E-state index contributed by atoms with van der Waals surface area (Å²) in [6, 6.07) is 10.8. The van der Waals surface area contributed by atoms with Gasteiger partial charge in [0, 0.05) is 6.20 Å². The van der Waals surface area contributed by atoms with Gasteiger partial charge in [0.25, 0.3) is 5.91 Å². The predicted octanol–water partition coefficient (Wildman–Crippen LogP) is 3.03. The third-order valence-corrected chi connectivity index (χ3v) is 3.66. The quantitative estimate of drug-likeness (QED) is 0.852. The van der Waals surface area contributed by atoms with Gasteiger partial charge in [-0.3, -0.25) is 4.79 Å². The molecule has 0 fully saturated rings. The number of halogens is 1. The first-order valence-corrected chi connectivity index (χ1v) is 6.74. The van der Waals surface area contributed by atoms with Crippen molar-refractivity contribution in [3.63, 3.8) is 0 Å². The maximum atomic E-state index is 12.8. The number of hydrogen-bond donors (Lipinski definition) is 1. The van der Waals surface area contributed by atoms with E-state index in [9.17, 15) is 9.18 Å². The number of carbonyl (C=O) groups is 1. The number of carbonyl (C=O) groups excluding carboxylic acids is 1. The molecule has 0 bridgehead atoms. The molecule has 4 heteroatoms. The molecule has 1 heterocycles. The van der Waals surface area contributed by atoms with Crippen LogP contribution in [0.4, 0.5) is 4.39 Å². The Bertz CT molecular complexity index is 625. The van der Waals surface area contributed by atoms with E-state index in [1.165, 1.54) is 29.5 Å². The minimum Gasteiger partial charge on any atom is -0.345 e. The lowest BCUT2D eigenvalue weighted by Crippen LogP contribution is -2.31. The van der Waals surface area contributed by atoms with Gasteiger partial charge in [0.05, 0.1) is 11.6 Å². The van der Waals surface area contributed by atoms with Gasteiger partial charge in [-0.15, -0.1) is 0 Å². The smallest absolute Gasteiger partial charge is 0.253 e. The molecule has 3 nitrogen and oxygen atoms in total. The molecule has 0 radical (unpaired) electrons. The van der Waals surface area contributed by atoms with Gasteiger partial charge >= 0.3 is 0 Å². The molecular formula is C16H15FN2O. The first kappa shape index (κ1) is 12.8. The lowest BCUT2D eigenvalue weighted by atomic mass is 9.87. The van der Waals surface area contributed by atoms with Crippen LogP contribution in [-0.4, -0.2) is 10.9 Å². The Morgan fingerprint density at radius 3 is 2.90 bits per heavy atom. The van der Waals surface area contributed by atoms with Crippen LogP contribution < -0.4 is 5.32 Å². The Morgan fingerprint density at radius 1 is 1.25 bits per heavy atom. The average Bonchev–Trinajstić information content (AvgIpc) is 2.48. The van der Waals surface area contributed by atoms with E-state index in [1.54, 1.807) is 0 Å². The summed E-state index contributed by atoms with van der Waals surface area (Å²) in [7, 11) is 0. The van der Waals surface area contributed by atoms with E-state index in [2.05, 4.69) is 22.4 Å². The van der Waals surface area contributed by atoms with Gasteiger partial charge in [-0.1, -0.05) is 24.3 Å². The molecule has 1 unspecified atom stereocenters. The van der Waals surface area contributed by atoms with Crippen molar-refractivity contribution in [2.45, 2.75) is 25.3 Å². The largest absolute Gasteiger partial charge is 0.345 e. The van der Waals surface area contributed by atoms with E-state index in [4.69, 9.17) is 0 Å². The molecule has 0 saturated heterocycles. The van der Waals surface area contributed by atoms with Crippen molar-refractivity contribution < 1.29 is 9.18 Å². The second kappa shape index (κ2) is 5.41. The molecule has 1 atom stereocenters. The third-order valence-electron chi connectivity index (χ3n) is 3.66. The maximum absolute atomic E-state index is 12.8. The van der Waals surface area contributed by atoms with Gasteiger partial charge < -0.3 is 5.32 Å². The van der Waals surface area contributed by atoms with Crippen molar-refractivity contribution in [1.82, 2.24) is 10.3 Å². The molecule has 2 aromatic rings. The molecule has 3 rings (SSSR count). The Labute approximate surface area is 116 Å². The highest BCUT2D eigenvalue weighted by molar-refractivity contribution is 5.94. The molecule has 1 amide bonds. The second-order valence-corrected chi connectivity index (χ2v) is 4.99. The van der Waals surface area contributed by atoms with E-state index in [1.807, 2.05) is 12.1 Å².